The molecule has 1 aromatic rings. The Morgan fingerprint density at radius 1 is 1.50 bits per heavy atom. The average molecular weight is 162 g/mol. The van der Waals surface area contributed by atoms with Crippen molar-refractivity contribution in [3.8, 4) is 0 Å². The topological polar surface area (TPSA) is 25.8 Å². The van der Waals surface area contributed by atoms with Gasteiger partial charge in [-0.15, -0.1) is 0 Å². The van der Waals surface area contributed by atoms with Crippen LogP contribution in [0, 0.1) is 0 Å². The van der Waals surface area contributed by atoms with Gasteiger partial charge in [0.05, 0.1) is 0 Å². The zero-order chi connectivity index (χ0) is 8.39. The van der Waals surface area contributed by atoms with Gasteiger partial charge in [-0.1, -0.05) is 6.92 Å². The molecule has 0 bridgehead atoms. The molecule has 2 rings (SSSR count). The Morgan fingerprint density at radius 3 is 3.00 bits per heavy atom. The van der Waals surface area contributed by atoms with Gasteiger partial charge in [-0.05, 0) is 25.3 Å². The predicted octanol–water partition coefficient (Wildman–Crippen LogP) is 2.31. The highest BCUT2D eigenvalue weighted by Crippen LogP contribution is 2.38. The Balaban J connectivity index is 2.15. The molecule has 0 amide bonds. The SMILES string of the molecule is CCCc1nccc(C2CC2)n1. The molecular formula is C10H14N2. The number of aryl methyl sites for hydroxylation is 1. The standard InChI is InChI=1S/C10H14N2/c1-2-3-10-11-7-6-9(12-10)8-4-5-8/h6-8H,2-5H2,1H3. The van der Waals surface area contributed by atoms with Crippen LogP contribution in [-0.4, -0.2) is 9.97 Å². The van der Waals surface area contributed by atoms with Crippen LogP contribution in [0.2, 0.25) is 0 Å². The third-order valence-corrected chi connectivity index (χ3v) is 2.20. The first kappa shape index (κ1) is 7.71. The van der Waals surface area contributed by atoms with Crippen LogP contribution >= 0.6 is 0 Å². The first-order chi connectivity index (χ1) is 5.90. The molecule has 1 aliphatic rings. The molecular weight excluding hydrogens is 148 g/mol. The van der Waals surface area contributed by atoms with Crippen molar-refractivity contribution < 1.29 is 0 Å². The van der Waals surface area contributed by atoms with Gasteiger partial charge in [0.2, 0.25) is 0 Å². The van der Waals surface area contributed by atoms with E-state index in [9.17, 15) is 0 Å². The lowest BCUT2D eigenvalue weighted by atomic mass is 10.2. The third-order valence-electron chi connectivity index (χ3n) is 2.20. The minimum atomic E-state index is 0.753. The van der Waals surface area contributed by atoms with Gasteiger partial charge in [0.1, 0.15) is 5.82 Å². The van der Waals surface area contributed by atoms with E-state index >= 15 is 0 Å². The summed E-state index contributed by atoms with van der Waals surface area (Å²) in [5.41, 5.74) is 1.26. The maximum atomic E-state index is 4.51. The lowest BCUT2D eigenvalue weighted by Crippen LogP contribution is -1.96. The largest absolute Gasteiger partial charge is 0.241 e. The Bertz CT molecular complexity index is 266. The average Bonchev–Trinajstić information content (AvgIpc) is 2.88. The molecule has 1 fully saturated rings. The fraction of sp³-hybridized carbons (Fsp3) is 0.600. The molecule has 0 saturated heterocycles. The zero-order valence-corrected chi connectivity index (χ0v) is 7.45. The first-order valence-corrected chi connectivity index (χ1v) is 4.72. The molecule has 0 spiro atoms. The van der Waals surface area contributed by atoms with Gasteiger partial charge in [0, 0.05) is 24.2 Å². The molecule has 1 heterocycles. The van der Waals surface area contributed by atoms with Gasteiger partial charge in [0.25, 0.3) is 0 Å². The van der Waals surface area contributed by atoms with Crippen molar-refractivity contribution in [2.75, 3.05) is 0 Å². The van der Waals surface area contributed by atoms with E-state index < -0.39 is 0 Å². The lowest BCUT2D eigenvalue weighted by molar-refractivity contribution is 0.811. The van der Waals surface area contributed by atoms with E-state index in [0.717, 1.165) is 24.6 Å². The molecule has 0 unspecified atom stereocenters. The smallest absolute Gasteiger partial charge is 0.128 e. The van der Waals surface area contributed by atoms with Crippen LogP contribution in [0.5, 0.6) is 0 Å². The summed E-state index contributed by atoms with van der Waals surface area (Å²) in [6.07, 6.45) is 6.69. The van der Waals surface area contributed by atoms with E-state index in [1.54, 1.807) is 0 Å². The second kappa shape index (κ2) is 3.21. The molecule has 1 saturated carbocycles. The molecule has 64 valence electrons. The summed E-state index contributed by atoms with van der Waals surface area (Å²) < 4.78 is 0. The molecule has 0 aliphatic heterocycles. The Kier molecular flexibility index (Phi) is 2.07. The van der Waals surface area contributed by atoms with Crippen molar-refractivity contribution in [2.45, 2.75) is 38.5 Å². The first-order valence-electron chi connectivity index (χ1n) is 4.72. The second-order valence-corrected chi connectivity index (χ2v) is 3.42. The quantitative estimate of drug-likeness (QED) is 0.681. The summed E-state index contributed by atoms with van der Waals surface area (Å²) in [7, 11) is 0. The molecule has 0 radical (unpaired) electrons. The fourth-order valence-corrected chi connectivity index (χ4v) is 1.37. The molecule has 0 aromatic carbocycles. The van der Waals surface area contributed by atoms with Crippen molar-refractivity contribution in [3.63, 3.8) is 0 Å². The lowest BCUT2D eigenvalue weighted by Gasteiger charge is -1.99. The van der Waals surface area contributed by atoms with Gasteiger partial charge in [-0.3, -0.25) is 0 Å². The van der Waals surface area contributed by atoms with E-state index in [1.165, 1.54) is 18.5 Å². The Morgan fingerprint density at radius 2 is 2.33 bits per heavy atom. The predicted molar refractivity (Wildman–Crippen MR) is 48.0 cm³/mol. The molecule has 2 nitrogen and oxygen atoms in total. The zero-order valence-electron chi connectivity index (χ0n) is 7.45. The minimum Gasteiger partial charge on any atom is -0.241 e. The van der Waals surface area contributed by atoms with Crippen LogP contribution in [0.1, 0.15) is 43.6 Å². The summed E-state index contributed by atoms with van der Waals surface area (Å²) >= 11 is 0. The molecule has 2 heteroatoms. The Hall–Kier alpha value is -0.920. The summed E-state index contributed by atoms with van der Waals surface area (Å²) in [4.78, 5) is 8.74. The summed E-state index contributed by atoms with van der Waals surface area (Å²) in [6, 6.07) is 2.05. The summed E-state index contributed by atoms with van der Waals surface area (Å²) in [6.45, 7) is 2.16. The number of rotatable bonds is 3. The normalized spacial score (nSPS) is 16.4. The van der Waals surface area contributed by atoms with Crippen LogP contribution in [0.15, 0.2) is 12.3 Å². The van der Waals surface area contributed by atoms with Gasteiger partial charge in [-0.2, -0.15) is 0 Å². The summed E-state index contributed by atoms with van der Waals surface area (Å²) in [5, 5.41) is 0. The molecule has 0 atom stereocenters. The number of aromatic nitrogens is 2. The van der Waals surface area contributed by atoms with E-state index in [0.29, 0.717) is 0 Å². The van der Waals surface area contributed by atoms with Crippen LogP contribution in [0.3, 0.4) is 0 Å². The highest BCUT2D eigenvalue weighted by molar-refractivity contribution is 5.13. The van der Waals surface area contributed by atoms with Gasteiger partial charge in [0.15, 0.2) is 0 Å². The molecule has 0 N–H and O–H groups in total. The monoisotopic (exact) mass is 162 g/mol. The van der Waals surface area contributed by atoms with Crippen molar-refractivity contribution in [2.24, 2.45) is 0 Å². The molecule has 12 heavy (non-hydrogen) atoms. The number of nitrogens with zero attached hydrogens (tertiary/aromatic N) is 2. The van der Waals surface area contributed by atoms with Crippen molar-refractivity contribution >= 4 is 0 Å². The van der Waals surface area contributed by atoms with E-state index in [4.69, 9.17) is 0 Å². The minimum absolute atomic E-state index is 0.753. The molecule has 1 aliphatic carbocycles. The maximum Gasteiger partial charge on any atom is 0.128 e. The van der Waals surface area contributed by atoms with Gasteiger partial charge >= 0.3 is 0 Å². The number of hydrogen-bond acceptors (Lipinski definition) is 2. The van der Waals surface area contributed by atoms with E-state index in [2.05, 4.69) is 23.0 Å². The highest BCUT2D eigenvalue weighted by Gasteiger charge is 2.24. The highest BCUT2D eigenvalue weighted by atomic mass is 14.9. The fourth-order valence-electron chi connectivity index (χ4n) is 1.37. The van der Waals surface area contributed by atoms with Crippen LogP contribution in [0.25, 0.3) is 0 Å². The summed E-state index contributed by atoms with van der Waals surface area (Å²) in [5.74, 6) is 1.77. The third kappa shape index (κ3) is 1.63. The second-order valence-electron chi connectivity index (χ2n) is 3.42. The van der Waals surface area contributed by atoms with Crippen LogP contribution in [0.4, 0.5) is 0 Å². The number of hydrogen-bond donors (Lipinski definition) is 0. The van der Waals surface area contributed by atoms with Gasteiger partial charge in [-0.25, -0.2) is 9.97 Å². The van der Waals surface area contributed by atoms with E-state index in [1.807, 2.05) is 6.20 Å². The maximum absolute atomic E-state index is 4.51. The van der Waals surface area contributed by atoms with Crippen LogP contribution < -0.4 is 0 Å². The Labute approximate surface area is 73.1 Å². The van der Waals surface area contributed by atoms with Crippen molar-refractivity contribution in [3.05, 3.63) is 23.8 Å². The van der Waals surface area contributed by atoms with Gasteiger partial charge < -0.3 is 0 Å². The van der Waals surface area contributed by atoms with E-state index in [-0.39, 0.29) is 0 Å². The molecule has 1 aromatic heterocycles. The van der Waals surface area contributed by atoms with Crippen LogP contribution in [-0.2, 0) is 6.42 Å². The van der Waals surface area contributed by atoms with Crippen molar-refractivity contribution in [1.82, 2.24) is 9.97 Å². The van der Waals surface area contributed by atoms with Crippen molar-refractivity contribution in [1.29, 1.82) is 0 Å².